The molecule has 1 saturated heterocycles. The lowest BCUT2D eigenvalue weighted by molar-refractivity contribution is -0.180. The van der Waals surface area contributed by atoms with Gasteiger partial charge in [0.2, 0.25) is 0 Å². The lowest BCUT2D eigenvalue weighted by Crippen LogP contribution is -2.45. The van der Waals surface area contributed by atoms with E-state index < -0.39 is 17.6 Å². The molecule has 0 unspecified atom stereocenters. The van der Waals surface area contributed by atoms with Crippen LogP contribution in [0.4, 0.5) is 5.69 Å². The van der Waals surface area contributed by atoms with Crippen molar-refractivity contribution >= 4 is 17.5 Å². The van der Waals surface area contributed by atoms with Crippen molar-refractivity contribution in [3.8, 4) is 0 Å². The van der Waals surface area contributed by atoms with E-state index in [0.717, 1.165) is 0 Å². The number of carbonyl (C=O) groups excluding carboxylic acids is 2. The largest absolute Gasteiger partial charge is 0.336 e. The van der Waals surface area contributed by atoms with Crippen molar-refractivity contribution in [3.63, 3.8) is 0 Å². The average molecular weight is 264 g/mol. The van der Waals surface area contributed by atoms with Gasteiger partial charge >= 0.3 is 0 Å². The molecule has 0 saturated carbocycles. The summed E-state index contributed by atoms with van der Waals surface area (Å²) >= 11 is 0. The Kier molecular flexibility index (Phi) is 2.74. The van der Waals surface area contributed by atoms with Gasteiger partial charge in [-0.2, -0.15) is 0 Å². The molecule has 0 aromatic heterocycles. The molecule has 19 heavy (non-hydrogen) atoms. The molecular weight excluding hydrogens is 252 g/mol. The van der Waals surface area contributed by atoms with Crippen LogP contribution in [0.25, 0.3) is 0 Å². The fraction of sp³-hybridized carbons (Fsp3) is 0.333. The van der Waals surface area contributed by atoms with Crippen molar-refractivity contribution < 1.29 is 24.3 Å². The van der Waals surface area contributed by atoms with Crippen molar-refractivity contribution in [2.45, 2.75) is 5.79 Å². The summed E-state index contributed by atoms with van der Waals surface area (Å²) in [6, 6.07) is 6.96. The Bertz CT molecular complexity index is 539. The predicted molar refractivity (Wildman–Crippen MR) is 62.3 cm³/mol. The van der Waals surface area contributed by atoms with Gasteiger partial charge in [-0.3, -0.25) is 19.7 Å². The normalized spacial score (nSPS) is 19.8. The Morgan fingerprint density at radius 2 is 2.05 bits per heavy atom. The fourth-order valence-electron chi connectivity index (χ4n) is 2.42. The molecule has 3 rings (SSSR count). The Labute approximate surface area is 108 Å². The van der Waals surface area contributed by atoms with Gasteiger partial charge < -0.3 is 9.47 Å². The van der Waals surface area contributed by atoms with Gasteiger partial charge in [0.25, 0.3) is 17.6 Å². The zero-order valence-electron chi connectivity index (χ0n) is 9.96. The molecule has 100 valence electrons. The Morgan fingerprint density at radius 3 is 2.74 bits per heavy atom. The van der Waals surface area contributed by atoms with E-state index in [1.807, 2.05) is 0 Å². The number of amides is 2. The Balaban J connectivity index is 2.04. The summed E-state index contributed by atoms with van der Waals surface area (Å²) in [4.78, 5) is 25.0. The minimum Gasteiger partial charge on any atom is -0.336 e. The molecule has 7 nitrogen and oxygen atoms in total. The lowest BCUT2D eigenvalue weighted by Gasteiger charge is -2.21. The van der Waals surface area contributed by atoms with Crippen molar-refractivity contribution in [1.29, 1.82) is 0 Å². The number of anilines is 1. The molecule has 0 radical (unpaired) electrons. The summed E-state index contributed by atoms with van der Waals surface area (Å²) in [6.07, 6.45) is 0. The number of hydroxylamine groups is 1. The molecule has 2 amide bonds. The van der Waals surface area contributed by atoms with Crippen LogP contribution in [0.2, 0.25) is 0 Å². The Hall–Kier alpha value is -1.96. The molecular formula is C12H12N2O5. The number of carbonyl (C=O) groups is 2. The zero-order chi connectivity index (χ0) is 13.5. The van der Waals surface area contributed by atoms with Gasteiger partial charge in [-0.1, -0.05) is 18.2 Å². The molecule has 1 fully saturated rings. The van der Waals surface area contributed by atoms with Crippen LogP contribution in [-0.2, 0) is 24.8 Å². The van der Waals surface area contributed by atoms with E-state index in [-0.39, 0.29) is 6.54 Å². The van der Waals surface area contributed by atoms with Gasteiger partial charge in [0.15, 0.2) is 0 Å². The van der Waals surface area contributed by atoms with Crippen LogP contribution in [0.15, 0.2) is 24.3 Å². The number of nitrogens with zero attached hydrogens (tertiary/aromatic N) is 1. The van der Waals surface area contributed by atoms with Crippen molar-refractivity contribution in [2.75, 3.05) is 24.7 Å². The molecule has 1 aromatic carbocycles. The van der Waals surface area contributed by atoms with Crippen LogP contribution in [0.3, 0.4) is 0 Å². The SMILES string of the molecule is O=C(CN1C(=O)C2(OCCO2)c2ccccc21)NO. The summed E-state index contributed by atoms with van der Waals surface area (Å²) in [5.41, 5.74) is 2.65. The van der Waals surface area contributed by atoms with Crippen molar-refractivity contribution in [1.82, 2.24) is 5.48 Å². The monoisotopic (exact) mass is 264 g/mol. The number of benzene rings is 1. The van der Waals surface area contributed by atoms with Crippen LogP contribution >= 0.6 is 0 Å². The summed E-state index contributed by atoms with van der Waals surface area (Å²) in [7, 11) is 0. The van der Waals surface area contributed by atoms with E-state index in [9.17, 15) is 9.59 Å². The van der Waals surface area contributed by atoms with Crippen LogP contribution in [0.1, 0.15) is 5.56 Å². The van der Waals surface area contributed by atoms with E-state index in [1.165, 1.54) is 10.4 Å². The van der Waals surface area contributed by atoms with E-state index >= 15 is 0 Å². The highest BCUT2D eigenvalue weighted by Gasteiger charge is 2.56. The molecule has 2 N–H and O–H groups in total. The molecule has 2 aliphatic rings. The van der Waals surface area contributed by atoms with Gasteiger partial charge in [-0.05, 0) is 6.07 Å². The lowest BCUT2D eigenvalue weighted by atomic mass is 10.1. The number of ether oxygens (including phenoxy) is 2. The Morgan fingerprint density at radius 1 is 1.37 bits per heavy atom. The third kappa shape index (κ3) is 1.63. The molecule has 1 aromatic rings. The smallest absolute Gasteiger partial charge is 0.293 e. The van der Waals surface area contributed by atoms with Crippen molar-refractivity contribution in [3.05, 3.63) is 29.8 Å². The van der Waals surface area contributed by atoms with Gasteiger partial charge in [0, 0.05) is 5.56 Å². The number of para-hydroxylation sites is 1. The number of nitrogens with one attached hydrogen (secondary N) is 1. The maximum atomic E-state index is 12.5. The van der Waals surface area contributed by atoms with Crippen LogP contribution < -0.4 is 10.4 Å². The van der Waals surface area contributed by atoms with Gasteiger partial charge in [0.1, 0.15) is 6.54 Å². The van der Waals surface area contributed by atoms with Gasteiger partial charge in [0.05, 0.1) is 18.9 Å². The number of hydrogen-bond donors (Lipinski definition) is 2. The van der Waals surface area contributed by atoms with E-state index in [2.05, 4.69) is 0 Å². The molecule has 7 heteroatoms. The van der Waals surface area contributed by atoms with E-state index in [1.54, 1.807) is 24.3 Å². The molecule has 2 heterocycles. The first-order chi connectivity index (χ1) is 9.19. The summed E-state index contributed by atoms with van der Waals surface area (Å²) < 4.78 is 11.0. The predicted octanol–water partition coefficient (Wildman–Crippen LogP) is -0.262. The zero-order valence-corrected chi connectivity index (χ0v) is 9.96. The molecule has 1 spiro atoms. The second-order valence-electron chi connectivity index (χ2n) is 4.26. The van der Waals surface area contributed by atoms with Crippen LogP contribution in [0.5, 0.6) is 0 Å². The molecule has 0 atom stereocenters. The fourth-order valence-corrected chi connectivity index (χ4v) is 2.42. The third-order valence-corrected chi connectivity index (χ3v) is 3.20. The van der Waals surface area contributed by atoms with E-state index in [0.29, 0.717) is 24.5 Å². The van der Waals surface area contributed by atoms with E-state index in [4.69, 9.17) is 14.7 Å². The minimum atomic E-state index is -1.44. The van der Waals surface area contributed by atoms with Gasteiger partial charge in [-0.25, -0.2) is 5.48 Å². The summed E-state index contributed by atoms with van der Waals surface area (Å²) in [5, 5.41) is 8.59. The minimum absolute atomic E-state index is 0.291. The standard InChI is InChI=1S/C12H12N2O5/c15-10(13-17)7-14-9-4-2-1-3-8(9)12(11(14)16)18-5-6-19-12/h1-4,17H,5-7H2,(H,13,15). The summed E-state index contributed by atoms with van der Waals surface area (Å²) in [6.45, 7) is 0.348. The summed E-state index contributed by atoms with van der Waals surface area (Å²) in [5.74, 6) is -2.57. The second kappa shape index (κ2) is 4.30. The highest BCUT2D eigenvalue weighted by atomic mass is 16.7. The van der Waals surface area contributed by atoms with Crippen molar-refractivity contribution in [2.24, 2.45) is 0 Å². The number of fused-ring (bicyclic) bond motifs is 2. The van der Waals surface area contributed by atoms with Crippen LogP contribution in [-0.4, -0.2) is 36.8 Å². The van der Waals surface area contributed by atoms with Crippen LogP contribution in [0, 0.1) is 0 Å². The molecule has 2 aliphatic heterocycles. The topological polar surface area (TPSA) is 88.1 Å². The molecule has 0 aliphatic carbocycles. The first kappa shape index (κ1) is 12.1. The number of rotatable bonds is 2. The maximum absolute atomic E-state index is 12.5. The maximum Gasteiger partial charge on any atom is 0.293 e. The van der Waals surface area contributed by atoms with Gasteiger partial charge in [-0.15, -0.1) is 0 Å². The second-order valence-corrected chi connectivity index (χ2v) is 4.26. The highest BCUT2D eigenvalue weighted by Crippen LogP contribution is 2.45. The first-order valence-corrected chi connectivity index (χ1v) is 5.81. The molecule has 0 bridgehead atoms. The highest BCUT2D eigenvalue weighted by molar-refractivity contribution is 6.08. The first-order valence-electron chi connectivity index (χ1n) is 5.81. The average Bonchev–Trinajstić information content (AvgIpc) is 3.01. The number of hydrogen-bond acceptors (Lipinski definition) is 5. The quantitative estimate of drug-likeness (QED) is 0.567. The third-order valence-electron chi connectivity index (χ3n) is 3.20.